The molecule has 7 nitrogen and oxygen atoms in total. The van der Waals surface area contributed by atoms with Crippen molar-refractivity contribution >= 4 is 27.8 Å². The van der Waals surface area contributed by atoms with Gasteiger partial charge in [-0.15, -0.1) is 0 Å². The second-order valence-electron chi connectivity index (χ2n) is 5.39. The first kappa shape index (κ1) is 16.0. The third kappa shape index (κ3) is 3.62. The van der Waals surface area contributed by atoms with Crippen LogP contribution < -0.4 is 10.6 Å². The van der Waals surface area contributed by atoms with E-state index in [1.54, 1.807) is 0 Å². The smallest absolute Gasteiger partial charge is 0.405 e. The lowest BCUT2D eigenvalue weighted by Gasteiger charge is -2.39. The average molecular weight is 359 g/mol. The first-order valence-corrected chi connectivity index (χ1v) is 7.51. The van der Waals surface area contributed by atoms with Gasteiger partial charge >= 0.3 is 6.09 Å². The van der Waals surface area contributed by atoms with Gasteiger partial charge < -0.3 is 20.5 Å². The van der Waals surface area contributed by atoms with Crippen molar-refractivity contribution in [3.8, 4) is 0 Å². The quantitative estimate of drug-likeness (QED) is 0.848. The fourth-order valence-corrected chi connectivity index (χ4v) is 2.72. The van der Waals surface area contributed by atoms with Crippen LogP contribution >= 0.6 is 15.9 Å². The molecule has 1 aromatic rings. The molecule has 0 unspecified atom stereocenters. The minimum Gasteiger partial charge on any atom is -0.443 e. The number of hydrogen-bond acceptors (Lipinski definition) is 6. The minimum atomic E-state index is -0.749. The highest BCUT2D eigenvalue weighted by molar-refractivity contribution is 9.10. The third-order valence-corrected chi connectivity index (χ3v) is 4.43. The number of ether oxygens (including phenoxy) is 1. The number of amides is 1. The average Bonchev–Trinajstić information content (AvgIpc) is 2.41. The van der Waals surface area contributed by atoms with Crippen molar-refractivity contribution in [2.45, 2.75) is 38.9 Å². The van der Waals surface area contributed by atoms with E-state index in [0.29, 0.717) is 42.0 Å². The van der Waals surface area contributed by atoms with Crippen LogP contribution in [0.2, 0.25) is 0 Å². The van der Waals surface area contributed by atoms with E-state index in [0.717, 1.165) is 5.69 Å². The summed E-state index contributed by atoms with van der Waals surface area (Å²) in [7, 11) is 0. The highest BCUT2D eigenvalue weighted by Crippen LogP contribution is 2.30. The van der Waals surface area contributed by atoms with Gasteiger partial charge in [-0.25, -0.2) is 14.8 Å². The summed E-state index contributed by atoms with van der Waals surface area (Å²) in [6.07, 6.45) is 0.552. The Morgan fingerprint density at radius 1 is 1.48 bits per heavy atom. The van der Waals surface area contributed by atoms with Crippen LogP contribution in [0.25, 0.3) is 0 Å². The molecule has 0 spiro atoms. The summed E-state index contributed by atoms with van der Waals surface area (Å²) in [6, 6.07) is 0. The molecule has 116 valence electrons. The molecule has 0 aliphatic carbocycles. The Morgan fingerprint density at radius 3 is 2.62 bits per heavy atom. The number of halogens is 1. The lowest BCUT2D eigenvalue weighted by molar-refractivity contribution is 0.0126. The predicted octanol–water partition coefficient (Wildman–Crippen LogP) is 1.49. The zero-order valence-corrected chi connectivity index (χ0v) is 13.7. The molecule has 0 radical (unpaired) electrons. The number of aryl methyl sites for hydroxylation is 1. The summed E-state index contributed by atoms with van der Waals surface area (Å²) in [6.45, 7) is 4.87. The molecule has 1 saturated heterocycles. The normalized spacial score (nSPS) is 17.6. The van der Waals surface area contributed by atoms with Crippen molar-refractivity contribution in [1.82, 2.24) is 9.97 Å². The Hall–Kier alpha value is -1.41. The van der Waals surface area contributed by atoms with E-state index in [9.17, 15) is 9.90 Å². The number of aliphatic hydroxyl groups excluding tert-OH is 1. The van der Waals surface area contributed by atoms with E-state index in [2.05, 4.69) is 25.9 Å². The van der Waals surface area contributed by atoms with Crippen LogP contribution in [0.1, 0.15) is 31.2 Å². The van der Waals surface area contributed by atoms with Crippen molar-refractivity contribution in [3.05, 3.63) is 16.0 Å². The molecule has 1 amide bonds. The van der Waals surface area contributed by atoms with Gasteiger partial charge in [-0.05, 0) is 29.8 Å². The summed E-state index contributed by atoms with van der Waals surface area (Å²) in [5.74, 6) is 0.680. The van der Waals surface area contributed by atoms with Gasteiger partial charge in [0.15, 0.2) is 5.82 Å². The van der Waals surface area contributed by atoms with Crippen LogP contribution in [0.4, 0.5) is 10.6 Å². The SMILES string of the molecule is Cc1nc(N2CCC(C)(OC(N)=O)CC2)c(CO)nc1Br. The lowest BCUT2D eigenvalue weighted by atomic mass is 9.93. The number of piperidine rings is 1. The number of nitrogens with zero attached hydrogens (tertiary/aromatic N) is 3. The van der Waals surface area contributed by atoms with Crippen LogP contribution in [0.5, 0.6) is 0 Å². The molecule has 1 aliphatic rings. The number of nitrogens with two attached hydrogens (primary N) is 1. The molecule has 1 aromatic heterocycles. The van der Waals surface area contributed by atoms with E-state index in [-0.39, 0.29) is 6.61 Å². The summed E-state index contributed by atoms with van der Waals surface area (Å²) >= 11 is 3.32. The molecule has 0 atom stereocenters. The largest absolute Gasteiger partial charge is 0.443 e. The minimum absolute atomic E-state index is 0.174. The molecule has 21 heavy (non-hydrogen) atoms. The van der Waals surface area contributed by atoms with E-state index >= 15 is 0 Å². The van der Waals surface area contributed by atoms with E-state index in [1.165, 1.54) is 0 Å². The second-order valence-corrected chi connectivity index (χ2v) is 6.14. The van der Waals surface area contributed by atoms with Gasteiger partial charge in [0.2, 0.25) is 0 Å². The molecule has 0 bridgehead atoms. The number of primary amides is 1. The maximum Gasteiger partial charge on any atom is 0.405 e. The van der Waals surface area contributed by atoms with Crippen molar-refractivity contribution in [2.75, 3.05) is 18.0 Å². The molecule has 1 aliphatic heterocycles. The van der Waals surface area contributed by atoms with E-state index in [4.69, 9.17) is 10.5 Å². The molecule has 1 fully saturated rings. The molecule has 0 saturated carbocycles. The van der Waals surface area contributed by atoms with Gasteiger partial charge in [-0.1, -0.05) is 0 Å². The zero-order chi connectivity index (χ0) is 15.6. The number of aromatic nitrogens is 2. The van der Waals surface area contributed by atoms with Crippen molar-refractivity contribution in [3.63, 3.8) is 0 Å². The van der Waals surface area contributed by atoms with Gasteiger partial charge in [-0.2, -0.15) is 0 Å². The molecule has 3 N–H and O–H groups in total. The topological polar surface area (TPSA) is 102 Å². The fraction of sp³-hybridized carbons (Fsp3) is 0.615. The molecular weight excluding hydrogens is 340 g/mol. The van der Waals surface area contributed by atoms with Crippen molar-refractivity contribution in [2.24, 2.45) is 5.73 Å². The Balaban J connectivity index is 2.15. The summed E-state index contributed by atoms with van der Waals surface area (Å²) in [5.41, 5.74) is 5.86. The first-order valence-electron chi connectivity index (χ1n) is 6.72. The maximum absolute atomic E-state index is 10.9. The Labute approximate surface area is 131 Å². The summed E-state index contributed by atoms with van der Waals surface area (Å²) in [5, 5.41) is 9.45. The van der Waals surface area contributed by atoms with Gasteiger partial charge in [0.25, 0.3) is 0 Å². The number of carbonyl (C=O) groups excluding carboxylic acids is 1. The summed E-state index contributed by atoms with van der Waals surface area (Å²) in [4.78, 5) is 21.8. The summed E-state index contributed by atoms with van der Waals surface area (Å²) < 4.78 is 5.82. The fourth-order valence-electron chi connectivity index (χ4n) is 2.41. The number of rotatable bonds is 3. The van der Waals surface area contributed by atoms with Crippen molar-refractivity contribution in [1.29, 1.82) is 0 Å². The van der Waals surface area contributed by atoms with Gasteiger partial charge in [0, 0.05) is 25.9 Å². The van der Waals surface area contributed by atoms with E-state index < -0.39 is 11.7 Å². The Morgan fingerprint density at radius 2 is 2.10 bits per heavy atom. The number of hydrogen-bond donors (Lipinski definition) is 2. The van der Waals surface area contributed by atoms with Crippen LogP contribution in [0.3, 0.4) is 0 Å². The third-order valence-electron chi connectivity index (χ3n) is 3.68. The molecular formula is C13H19BrN4O3. The standard InChI is InChI=1S/C13H19BrN4O3/c1-8-10(14)17-9(7-19)11(16-8)18-5-3-13(2,4-6-18)21-12(15)20/h19H,3-7H2,1-2H3,(H2,15,20). The number of carbonyl (C=O) groups is 1. The second kappa shape index (κ2) is 6.15. The van der Waals surface area contributed by atoms with Crippen LogP contribution in [-0.2, 0) is 11.3 Å². The molecule has 8 heteroatoms. The Kier molecular flexibility index (Phi) is 4.67. The predicted molar refractivity (Wildman–Crippen MR) is 80.9 cm³/mol. The van der Waals surface area contributed by atoms with Gasteiger partial charge in [0.1, 0.15) is 15.9 Å². The van der Waals surface area contributed by atoms with E-state index in [1.807, 2.05) is 18.7 Å². The van der Waals surface area contributed by atoms with Crippen LogP contribution in [0, 0.1) is 6.92 Å². The number of anilines is 1. The Bertz CT molecular complexity index is 544. The molecule has 2 heterocycles. The van der Waals surface area contributed by atoms with Gasteiger partial charge in [0.05, 0.1) is 12.3 Å². The molecule has 2 rings (SSSR count). The number of aliphatic hydroxyl groups is 1. The van der Waals surface area contributed by atoms with Crippen LogP contribution in [0.15, 0.2) is 4.60 Å². The van der Waals surface area contributed by atoms with Crippen LogP contribution in [-0.4, -0.2) is 39.9 Å². The lowest BCUT2D eigenvalue weighted by Crippen LogP contribution is -2.46. The highest BCUT2D eigenvalue weighted by atomic mass is 79.9. The zero-order valence-electron chi connectivity index (χ0n) is 12.1. The highest BCUT2D eigenvalue weighted by Gasteiger charge is 2.34. The monoisotopic (exact) mass is 358 g/mol. The maximum atomic E-state index is 10.9. The molecule has 0 aromatic carbocycles. The van der Waals surface area contributed by atoms with Crippen molar-refractivity contribution < 1.29 is 14.6 Å². The van der Waals surface area contributed by atoms with Gasteiger partial charge in [-0.3, -0.25) is 0 Å². The first-order chi connectivity index (χ1) is 9.84.